The number of aromatic amines is 1. The summed E-state index contributed by atoms with van der Waals surface area (Å²) >= 11 is 0. The van der Waals surface area contributed by atoms with Gasteiger partial charge in [-0.2, -0.15) is 5.10 Å². The summed E-state index contributed by atoms with van der Waals surface area (Å²) < 4.78 is 17.1. The van der Waals surface area contributed by atoms with Gasteiger partial charge in [-0.15, -0.1) is 0 Å². The van der Waals surface area contributed by atoms with Crippen LogP contribution in [0.2, 0.25) is 0 Å². The molecule has 0 saturated heterocycles. The van der Waals surface area contributed by atoms with E-state index >= 15 is 0 Å². The van der Waals surface area contributed by atoms with Crippen molar-refractivity contribution >= 4 is 5.91 Å². The maximum absolute atomic E-state index is 13.7. The van der Waals surface area contributed by atoms with Crippen LogP contribution >= 0.6 is 0 Å². The van der Waals surface area contributed by atoms with Crippen LogP contribution in [0.4, 0.5) is 0 Å². The number of carbonyl (C=O) groups is 1. The van der Waals surface area contributed by atoms with E-state index in [-0.39, 0.29) is 18.0 Å². The first-order chi connectivity index (χ1) is 17.5. The van der Waals surface area contributed by atoms with Gasteiger partial charge in [-0.25, -0.2) is 0 Å². The second-order valence-corrected chi connectivity index (χ2v) is 10.1. The Labute approximate surface area is 212 Å². The molecule has 0 radical (unpaired) electrons. The fraction of sp³-hybridized carbons (Fsp3) is 0.448. The molecule has 7 heteroatoms. The molecule has 7 nitrogen and oxygen atoms in total. The SMILES string of the molecule is COc1ccc(-c2n[nH]c3c2C(c2ccc(OCCC(C)C)c(OC)c2)N(C2CCCC2)C3=O)cc1. The van der Waals surface area contributed by atoms with Crippen LogP contribution < -0.4 is 14.2 Å². The molecule has 1 N–H and O–H groups in total. The molecule has 1 aliphatic carbocycles. The molecule has 1 aromatic heterocycles. The first kappa shape index (κ1) is 24.2. The minimum absolute atomic E-state index is 0.0189. The molecule has 3 aromatic rings. The second kappa shape index (κ2) is 10.2. The molecule has 190 valence electrons. The Balaban J connectivity index is 1.57. The molecule has 0 bridgehead atoms. The Kier molecular flexibility index (Phi) is 6.90. The predicted molar refractivity (Wildman–Crippen MR) is 139 cm³/mol. The molecule has 2 aliphatic rings. The van der Waals surface area contributed by atoms with E-state index in [1.807, 2.05) is 36.4 Å². The van der Waals surface area contributed by atoms with Gasteiger partial charge >= 0.3 is 0 Å². The number of hydrogen-bond acceptors (Lipinski definition) is 5. The van der Waals surface area contributed by atoms with Gasteiger partial charge in [-0.1, -0.05) is 32.8 Å². The molecule has 2 heterocycles. The maximum atomic E-state index is 13.7. The first-order valence-corrected chi connectivity index (χ1v) is 12.9. The van der Waals surface area contributed by atoms with Crippen LogP contribution in [-0.4, -0.2) is 47.9 Å². The highest BCUT2D eigenvalue weighted by Crippen LogP contribution is 2.47. The zero-order chi connectivity index (χ0) is 25.2. The molecule has 1 unspecified atom stereocenters. The summed E-state index contributed by atoms with van der Waals surface area (Å²) in [7, 11) is 3.31. The smallest absolute Gasteiger partial charge is 0.273 e. The van der Waals surface area contributed by atoms with Crippen LogP contribution in [0.15, 0.2) is 42.5 Å². The van der Waals surface area contributed by atoms with Gasteiger partial charge < -0.3 is 19.1 Å². The van der Waals surface area contributed by atoms with Crippen LogP contribution in [0.1, 0.15) is 73.6 Å². The highest BCUT2D eigenvalue weighted by atomic mass is 16.5. The van der Waals surface area contributed by atoms with Crippen molar-refractivity contribution in [2.75, 3.05) is 20.8 Å². The molecule has 5 rings (SSSR count). The molecule has 36 heavy (non-hydrogen) atoms. The number of methoxy groups -OCH3 is 2. The normalized spacial score (nSPS) is 17.6. The summed E-state index contributed by atoms with van der Waals surface area (Å²) in [5, 5.41) is 7.66. The van der Waals surface area contributed by atoms with Gasteiger partial charge in [-0.3, -0.25) is 9.89 Å². The lowest BCUT2D eigenvalue weighted by atomic mass is 9.95. The van der Waals surface area contributed by atoms with E-state index in [2.05, 4.69) is 35.0 Å². The zero-order valence-electron chi connectivity index (χ0n) is 21.5. The van der Waals surface area contributed by atoms with Crippen LogP contribution in [0.25, 0.3) is 11.3 Å². The summed E-state index contributed by atoms with van der Waals surface area (Å²) in [6.45, 7) is 5.00. The van der Waals surface area contributed by atoms with Crippen molar-refractivity contribution < 1.29 is 19.0 Å². The number of benzene rings is 2. The van der Waals surface area contributed by atoms with Crippen molar-refractivity contribution in [3.8, 4) is 28.5 Å². The number of carbonyl (C=O) groups excluding carboxylic acids is 1. The van der Waals surface area contributed by atoms with Gasteiger partial charge in [0.2, 0.25) is 0 Å². The Morgan fingerprint density at radius 2 is 1.78 bits per heavy atom. The number of nitrogens with zero attached hydrogens (tertiary/aromatic N) is 2. The van der Waals surface area contributed by atoms with Gasteiger partial charge in [0.05, 0.1) is 32.6 Å². The molecule has 1 fully saturated rings. The molecule has 0 spiro atoms. The zero-order valence-corrected chi connectivity index (χ0v) is 21.5. The van der Waals surface area contributed by atoms with E-state index in [1.165, 1.54) is 0 Å². The van der Waals surface area contributed by atoms with Gasteiger partial charge in [0.25, 0.3) is 5.91 Å². The average molecular weight is 490 g/mol. The predicted octanol–water partition coefficient (Wildman–Crippen LogP) is 6.01. The quantitative estimate of drug-likeness (QED) is 0.399. The van der Waals surface area contributed by atoms with Crippen LogP contribution in [0, 0.1) is 5.92 Å². The topological polar surface area (TPSA) is 76.7 Å². The molecular formula is C29H35N3O4. The van der Waals surface area contributed by atoms with E-state index < -0.39 is 0 Å². The number of rotatable bonds is 9. The van der Waals surface area contributed by atoms with Gasteiger partial charge in [0, 0.05) is 17.2 Å². The number of hydrogen-bond donors (Lipinski definition) is 1. The lowest BCUT2D eigenvalue weighted by Crippen LogP contribution is -2.37. The van der Waals surface area contributed by atoms with Gasteiger partial charge in [0.1, 0.15) is 11.4 Å². The van der Waals surface area contributed by atoms with E-state index in [9.17, 15) is 4.79 Å². The van der Waals surface area contributed by atoms with Crippen molar-refractivity contribution in [3.05, 3.63) is 59.3 Å². The first-order valence-electron chi connectivity index (χ1n) is 12.9. The lowest BCUT2D eigenvalue weighted by molar-refractivity contribution is 0.0660. The molecule has 1 aliphatic heterocycles. The Hall–Kier alpha value is -3.48. The summed E-state index contributed by atoms with van der Waals surface area (Å²) in [4.78, 5) is 15.8. The largest absolute Gasteiger partial charge is 0.497 e. The van der Waals surface area contributed by atoms with Gasteiger partial charge in [-0.05, 0) is 67.1 Å². The fourth-order valence-corrected chi connectivity index (χ4v) is 5.40. The number of amides is 1. The fourth-order valence-electron chi connectivity index (χ4n) is 5.40. The Morgan fingerprint density at radius 1 is 1.03 bits per heavy atom. The summed E-state index contributed by atoms with van der Waals surface area (Å²) in [5.74, 6) is 2.77. The minimum Gasteiger partial charge on any atom is -0.497 e. The summed E-state index contributed by atoms with van der Waals surface area (Å²) in [6, 6.07) is 13.8. The van der Waals surface area contributed by atoms with Crippen LogP contribution in [-0.2, 0) is 0 Å². The molecular weight excluding hydrogens is 454 g/mol. The van der Waals surface area contributed by atoms with Crippen LogP contribution in [0.3, 0.4) is 0 Å². The number of fused-ring (bicyclic) bond motifs is 1. The van der Waals surface area contributed by atoms with Crippen molar-refractivity contribution in [2.24, 2.45) is 5.92 Å². The number of H-pyrrole nitrogens is 1. The Morgan fingerprint density at radius 3 is 2.44 bits per heavy atom. The lowest BCUT2D eigenvalue weighted by Gasteiger charge is -2.32. The molecule has 1 saturated carbocycles. The van der Waals surface area contributed by atoms with Gasteiger partial charge in [0.15, 0.2) is 11.5 Å². The van der Waals surface area contributed by atoms with E-state index in [0.29, 0.717) is 24.0 Å². The highest BCUT2D eigenvalue weighted by Gasteiger charge is 2.46. The minimum atomic E-state index is -0.245. The third-order valence-corrected chi connectivity index (χ3v) is 7.34. The standard InChI is InChI=1S/C29H35N3O4/c1-18(2)15-16-36-23-14-11-20(17-24(23)35-4)28-25-26(19-9-12-22(34-3)13-10-19)30-31-27(25)29(33)32(28)21-7-5-6-8-21/h9-14,17-18,21,28H,5-8,15-16H2,1-4H3,(H,30,31). The Bertz CT molecular complexity index is 1210. The van der Waals surface area contributed by atoms with E-state index in [4.69, 9.17) is 14.2 Å². The summed E-state index contributed by atoms with van der Waals surface area (Å²) in [6.07, 6.45) is 5.30. The van der Waals surface area contributed by atoms with Crippen molar-refractivity contribution in [3.63, 3.8) is 0 Å². The molecule has 1 amide bonds. The second-order valence-electron chi connectivity index (χ2n) is 10.1. The number of aromatic nitrogens is 2. The van der Waals surface area contributed by atoms with Crippen LogP contribution in [0.5, 0.6) is 17.2 Å². The maximum Gasteiger partial charge on any atom is 0.273 e. The van der Waals surface area contributed by atoms with E-state index in [1.54, 1.807) is 14.2 Å². The average Bonchev–Trinajstić information content (AvgIpc) is 3.62. The number of ether oxygens (including phenoxy) is 3. The molecule has 1 atom stereocenters. The molecule has 2 aromatic carbocycles. The third-order valence-electron chi connectivity index (χ3n) is 7.34. The monoisotopic (exact) mass is 489 g/mol. The van der Waals surface area contributed by atoms with Crippen molar-refractivity contribution in [1.29, 1.82) is 0 Å². The summed E-state index contributed by atoms with van der Waals surface area (Å²) in [5.41, 5.74) is 4.24. The van der Waals surface area contributed by atoms with Crippen molar-refractivity contribution in [2.45, 2.75) is 58.0 Å². The third kappa shape index (κ3) is 4.43. The highest BCUT2D eigenvalue weighted by molar-refractivity contribution is 6.00. The van der Waals surface area contributed by atoms with Crippen molar-refractivity contribution in [1.82, 2.24) is 15.1 Å². The number of nitrogens with one attached hydrogen (secondary N) is 1. The van der Waals surface area contributed by atoms with E-state index in [0.717, 1.165) is 66.0 Å².